The van der Waals surface area contributed by atoms with E-state index in [4.69, 9.17) is 4.74 Å². The molecule has 0 bridgehead atoms. The molecule has 0 aliphatic carbocycles. The number of benzene rings is 2. The largest absolute Gasteiger partial charge is 0.497 e. The number of amides is 1. The van der Waals surface area contributed by atoms with Gasteiger partial charge in [0.15, 0.2) is 0 Å². The zero-order valence-corrected chi connectivity index (χ0v) is 17.2. The van der Waals surface area contributed by atoms with Gasteiger partial charge in [-0.25, -0.2) is 8.42 Å². The minimum Gasteiger partial charge on any atom is -0.497 e. The van der Waals surface area contributed by atoms with E-state index in [1.807, 2.05) is 24.3 Å². The SMILES string of the molecule is COc1ccc(CCNC(=O)CN(c2cccc([N+](=O)[O-])c2C)S(C)(=O)=O)cc1. The molecule has 1 N–H and O–H groups in total. The van der Waals surface area contributed by atoms with Crippen LogP contribution in [0, 0.1) is 17.0 Å². The molecule has 0 fully saturated rings. The van der Waals surface area contributed by atoms with Crippen LogP contribution in [-0.2, 0) is 21.2 Å². The number of nitro groups is 1. The van der Waals surface area contributed by atoms with Gasteiger partial charge in [0, 0.05) is 12.6 Å². The van der Waals surface area contributed by atoms with Crippen LogP contribution in [0.3, 0.4) is 0 Å². The van der Waals surface area contributed by atoms with E-state index in [9.17, 15) is 23.3 Å². The minimum absolute atomic E-state index is 0.104. The molecule has 0 aromatic heterocycles. The topological polar surface area (TPSA) is 119 Å². The predicted molar refractivity (Wildman–Crippen MR) is 110 cm³/mol. The lowest BCUT2D eigenvalue weighted by Gasteiger charge is -2.23. The van der Waals surface area contributed by atoms with Crippen LogP contribution in [0.15, 0.2) is 42.5 Å². The monoisotopic (exact) mass is 421 g/mol. The molecule has 0 atom stereocenters. The third kappa shape index (κ3) is 5.92. The summed E-state index contributed by atoms with van der Waals surface area (Å²) in [6.45, 7) is 1.30. The Kier molecular flexibility index (Phi) is 7.16. The van der Waals surface area contributed by atoms with Gasteiger partial charge in [-0.2, -0.15) is 0 Å². The lowest BCUT2D eigenvalue weighted by molar-refractivity contribution is -0.385. The Morgan fingerprint density at radius 1 is 1.21 bits per heavy atom. The second kappa shape index (κ2) is 9.37. The number of nitro benzene ring substituents is 1. The van der Waals surface area contributed by atoms with E-state index in [2.05, 4.69) is 5.32 Å². The van der Waals surface area contributed by atoms with Gasteiger partial charge in [0.05, 0.1) is 29.5 Å². The van der Waals surface area contributed by atoms with Gasteiger partial charge in [0.2, 0.25) is 15.9 Å². The van der Waals surface area contributed by atoms with Crippen LogP contribution in [-0.4, -0.2) is 45.7 Å². The number of anilines is 1. The van der Waals surface area contributed by atoms with Crippen molar-refractivity contribution in [2.24, 2.45) is 0 Å². The molecule has 0 unspecified atom stereocenters. The highest BCUT2D eigenvalue weighted by Crippen LogP contribution is 2.29. The predicted octanol–water partition coefficient (Wildman–Crippen LogP) is 2.04. The number of rotatable bonds is 9. The van der Waals surface area contributed by atoms with E-state index in [1.165, 1.54) is 25.1 Å². The van der Waals surface area contributed by atoms with Gasteiger partial charge in [-0.1, -0.05) is 18.2 Å². The quantitative estimate of drug-likeness (QED) is 0.489. The van der Waals surface area contributed by atoms with Gasteiger partial charge in [-0.05, 0) is 37.1 Å². The molecule has 9 nitrogen and oxygen atoms in total. The molecule has 2 aromatic rings. The van der Waals surface area contributed by atoms with Crippen molar-refractivity contribution in [2.75, 3.05) is 30.8 Å². The minimum atomic E-state index is -3.83. The number of nitrogens with one attached hydrogen (secondary N) is 1. The first-order valence-electron chi connectivity index (χ1n) is 8.75. The van der Waals surface area contributed by atoms with Crippen molar-refractivity contribution in [3.63, 3.8) is 0 Å². The highest BCUT2D eigenvalue weighted by atomic mass is 32.2. The fourth-order valence-electron chi connectivity index (χ4n) is 2.79. The average molecular weight is 421 g/mol. The van der Waals surface area contributed by atoms with Crippen LogP contribution in [0.4, 0.5) is 11.4 Å². The molecular formula is C19H23N3O6S. The Labute approximate surface area is 169 Å². The summed E-state index contributed by atoms with van der Waals surface area (Å²) in [6, 6.07) is 11.5. The van der Waals surface area contributed by atoms with Gasteiger partial charge in [0.25, 0.3) is 5.69 Å². The van der Waals surface area contributed by atoms with E-state index in [0.29, 0.717) is 13.0 Å². The Balaban J connectivity index is 2.08. The van der Waals surface area contributed by atoms with Crippen LogP contribution in [0.25, 0.3) is 0 Å². The maximum Gasteiger partial charge on any atom is 0.274 e. The van der Waals surface area contributed by atoms with Crippen molar-refractivity contribution in [1.29, 1.82) is 0 Å². The number of carbonyl (C=O) groups excluding carboxylic acids is 1. The van der Waals surface area contributed by atoms with Gasteiger partial charge in [-0.3, -0.25) is 19.2 Å². The summed E-state index contributed by atoms with van der Waals surface area (Å²) >= 11 is 0. The van der Waals surface area contributed by atoms with Crippen LogP contribution in [0.1, 0.15) is 11.1 Å². The summed E-state index contributed by atoms with van der Waals surface area (Å²) < 4.78 is 30.4. The first kappa shape index (κ1) is 22.2. The summed E-state index contributed by atoms with van der Waals surface area (Å²) in [4.78, 5) is 22.9. The number of ether oxygens (including phenoxy) is 1. The van der Waals surface area contributed by atoms with Crippen LogP contribution in [0.5, 0.6) is 5.75 Å². The third-order valence-electron chi connectivity index (χ3n) is 4.32. The average Bonchev–Trinajstić information content (AvgIpc) is 2.66. The van der Waals surface area contributed by atoms with Gasteiger partial charge < -0.3 is 10.1 Å². The number of hydrogen-bond donors (Lipinski definition) is 1. The first-order chi connectivity index (χ1) is 13.6. The lowest BCUT2D eigenvalue weighted by atomic mass is 10.1. The summed E-state index contributed by atoms with van der Waals surface area (Å²) in [5.74, 6) is 0.226. The molecule has 0 saturated heterocycles. The van der Waals surface area contributed by atoms with Crippen molar-refractivity contribution in [2.45, 2.75) is 13.3 Å². The van der Waals surface area contributed by atoms with Crippen LogP contribution >= 0.6 is 0 Å². The zero-order chi connectivity index (χ0) is 21.6. The maximum atomic E-state index is 12.3. The normalized spacial score (nSPS) is 11.0. The number of nitrogens with zero attached hydrogens (tertiary/aromatic N) is 2. The van der Waals surface area contributed by atoms with Gasteiger partial charge in [0.1, 0.15) is 12.3 Å². The summed E-state index contributed by atoms with van der Waals surface area (Å²) in [5, 5.41) is 13.8. The highest BCUT2D eigenvalue weighted by Gasteiger charge is 2.25. The van der Waals surface area contributed by atoms with Crippen LogP contribution in [0.2, 0.25) is 0 Å². The number of carbonyl (C=O) groups is 1. The fourth-order valence-corrected chi connectivity index (χ4v) is 3.69. The van der Waals surface area contributed by atoms with E-state index in [-0.39, 0.29) is 16.9 Å². The molecule has 0 aliphatic heterocycles. The zero-order valence-electron chi connectivity index (χ0n) is 16.4. The molecule has 10 heteroatoms. The molecule has 29 heavy (non-hydrogen) atoms. The second-order valence-corrected chi connectivity index (χ2v) is 8.30. The summed E-state index contributed by atoms with van der Waals surface area (Å²) in [7, 11) is -2.25. The van der Waals surface area contributed by atoms with E-state index >= 15 is 0 Å². The van der Waals surface area contributed by atoms with Crippen molar-refractivity contribution in [3.8, 4) is 5.75 Å². The standard InChI is InChI=1S/C19H23N3O6S/c1-14-17(5-4-6-18(14)22(24)25)21(29(3,26)27)13-19(23)20-12-11-15-7-9-16(28-2)10-8-15/h4-10H,11-13H2,1-3H3,(H,20,23). The van der Waals surface area contributed by atoms with E-state index < -0.39 is 27.4 Å². The van der Waals surface area contributed by atoms with Gasteiger partial charge in [-0.15, -0.1) is 0 Å². The Bertz CT molecular complexity index is 990. The molecule has 1 amide bonds. The smallest absolute Gasteiger partial charge is 0.274 e. The van der Waals surface area contributed by atoms with Crippen LogP contribution < -0.4 is 14.4 Å². The van der Waals surface area contributed by atoms with Crippen molar-refractivity contribution >= 4 is 27.3 Å². The number of methoxy groups -OCH3 is 1. The number of sulfonamides is 1. The van der Waals surface area contributed by atoms with E-state index in [0.717, 1.165) is 21.9 Å². The second-order valence-electron chi connectivity index (χ2n) is 6.40. The fraction of sp³-hybridized carbons (Fsp3) is 0.316. The Morgan fingerprint density at radius 2 is 1.86 bits per heavy atom. The molecule has 0 aliphatic rings. The summed E-state index contributed by atoms with van der Waals surface area (Å²) in [5.41, 5.74) is 1.05. The van der Waals surface area contributed by atoms with Crippen molar-refractivity contribution in [1.82, 2.24) is 5.32 Å². The maximum absolute atomic E-state index is 12.3. The molecule has 0 saturated carbocycles. The molecule has 0 heterocycles. The van der Waals surface area contributed by atoms with E-state index in [1.54, 1.807) is 7.11 Å². The third-order valence-corrected chi connectivity index (χ3v) is 5.45. The summed E-state index contributed by atoms with van der Waals surface area (Å²) in [6.07, 6.45) is 1.51. The van der Waals surface area contributed by atoms with Crippen molar-refractivity contribution < 1.29 is 22.9 Å². The molecule has 2 rings (SSSR count). The lowest BCUT2D eigenvalue weighted by Crippen LogP contribution is -2.41. The molecule has 0 spiro atoms. The molecule has 0 radical (unpaired) electrons. The van der Waals surface area contributed by atoms with Crippen molar-refractivity contribution in [3.05, 3.63) is 63.7 Å². The number of hydrogen-bond acceptors (Lipinski definition) is 6. The Hall–Kier alpha value is -3.14. The highest BCUT2D eigenvalue weighted by molar-refractivity contribution is 7.92. The molecule has 156 valence electrons. The first-order valence-corrected chi connectivity index (χ1v) is 10.6. The van der Waals surface area contributed by atoms with Gasteiger partial charge >= 0.3 is 0 Å². The molecular weight excluding hydrogens is 398 g/mol. The Morgan fingerprint density at radius 3 is 2.41 bits per heavy atom. The molecule has 2 aromatic carbocycles.